The molecule has 0 fully saturated rings. The highest BCUT2D eigenvalue weighted by Gasteiger charge is 2.05. The predicted molar refractivity (Wildman–Crippen MR) is 36.7 cm³/mol. The largest absolute Gasteiger partial charge is 0.306 e. The minimum absolute atomic E-state index is 1.15. The van der Waals surface area contributed by atoms with Crippen LogP contribution in [0.1, 0.15) is 0 Å². The predicted octanol–water partition coefficient (Wildman–Crippen LogP) is 0.407. The molecule has 50 valence electrons. The molecular weight excluding hydrogens is 145 g/mol. The van der Waals surface area contributed by atoms with Crippen LogP contribution in [-0.4, -0.2) is 23.8 Å². The summed E-state index contributed by atoms with van der Waals surface area (Å²) in [6.45, 7) is 3.07. The highest BCUT2D eigenvalue weighted by Crippen LogP contribution is 2.29. The summed E-state index contributed by atoms with van der Waals surface area (Å²) in [5, 5.41) is 0. The van der Waals surface area contributed by atoms with E-state index in [-0.39, 0.29) is 0 Å². The van der Waals surface area contributed by atoms with Crippen LogP contribution in [0, 0.1) is 0 Å². The van der Waals surface area contributed by atoms with Crippen molar-refractivity contribution in [2.24, 2.45) is 0 Å². The molecule has 0 aliphatic rings. The van der Waals surface area contributed by atoms with Crippen molar-refractivity contribution in [3.8, 4) is 0 Å². The molecule has 0 aromatic carbocycles. The molecule has 0 saturated carbocycles. The summed E-state index contributed by atoms with van der Waals surface area (Å²) in [4.78, 5) is 0. The summed E-state index contributed by atoms with van der Waals surface area (Å²) in [6.07, 6.45) is 1.46. The molecule has 0 aromatic heterocycles. The lowest BCUT2D eigenvalue weighted by Gasteiger charge is -2.03. The normalized spacial score (nSPS) is 15.9. The summed E-state index contributed by atoms with van der Waals surface area (Å²) < 4.78 is 23.4. The molecule has 0 amide bonds. The van der Waals surface area contributed by atoms with Crippen LogP contribution in [0.5, 0.6) is 0 Å². The zero-order valence-electron chi connectivity index (χ0n) is 5.17. The van der Waals surface area contributed by atoms with Gasteiger partial charge in [-0.3, -0.25) is 0 Å². The van der Waals surface area contributed by atoms with E-state index in [1.807, 2.05) is 0 Å². The summed E-state index contributed by atoms with van der Waals surface area (Å²) in [6, 6.07) is 0. The van der Waals surface area contributed by atoms with E-state index in [2.05, 4.69) is 4.49 Å². The summed E-state index contributed by atoms with van der Waals surface area (Å²) >= 11 is 0. The Bertz CT molecular complexity index is 140. The van der Waals surface area contributed by atoms with Crippen molar-refractivity contribution in [3.05, 3.63) is 0 Å². The molecule has 8 heavy (non-hydrogen) atoms. The molecule has 1 unspecified atom stereocenters. The molecule has 0 radical (unpaired) electrons. The van der Waals surface area contributed by atoms with Gasteiger partial charge in [0.05, 0.1) is 11.0 Å². The number of hydrogen-bond acceptors (Lipinski definition) is 2. The fourth-order valence-electron chi connectivity index (χ4n) is 0.310. The molecule has 3 nitrogen and oxygen atoms in total. The summed E-state index contributed by atoms with van der Waals surface area (Å²) in [7, 11) is -3.42. The Morgan fingerprint density at radius 3 is 1.88 bits per heavy atom. The van der Waals surface area contributed by atoms with E-state index in [9.17, 15) is 8.77 Å². The van der Waals surface area contributed by atoms with E-state index in [0.29, 0.717) is 0 Å². The van der Waals surface area contributed by atoms with Gasteiger partial charge in [-0.05, 0) is 0 Å². The van der Waals surface area contributed by atoms with Gasteiger partial charge in [-0.25, -0.2) is 4.21 Å². The first-order valence-corrected chi connectivity index (χ1v) is 6.24. The van der Waals surface area contributed by atoms with Gasteiger partial charge in [0.25, 0.3) is 0 Å². The van der Waals surface area contributed by atoms with Crippen LogP contribution in [0.4, 0.5) is 0 Å². The Morgan fingerprint density at radius 1 is 1.50 bits per heavy atom. The van der Waals surface area contributed by atoms with Crippen molar-refractivity contribution in [1.82, 2.24) is 4.49 Å². The van der Waals surface area contributed by atoms with Gasteiger partial charge in [-0.1, -0.05) is 0 Å². The molecule has 0 bridgehead atoms. The maximum Gasteiger partial charge on any atom is 0.153 e. The second-order valence-corrected chi connectivity index (χ2v) is 6.24. The van der Waals surface area contributed by atoms with Crippen molar-refractivity contribution in [3.63, 3.8) is 0 Å². The zero-order valence-corrected chi connectivity index (χ0v) is 6.88. The van der Waals surface area contributed by atoms with Crippen LogP contribution in [-0.2, 0) is 15.6 Å². The fraction of sp³-hybridized carbons (Fsp3) is 1.00. The number of rotatable bonds is 2. The summed E-state index contributed by atoms with van der Waals surface area (Å²) in [5.41, 5.74) is 0. The minimum atomic E-state index is -2.27. The molecule has 0 aromatic rings. The first-order valence-electron chi connectivity index (χ1n) is 2.08. The quantitative estimate of drug-likeness (QED) is 0.587. The Morgan fingerprint density at radius 2 is 1.88 bits per heavy atom. The Kier molecular flexibility index (Phi) is 2.88. The third-order valence-electron chi connectivity index (χ3n) is 0.348. The first-order chi connectivity index (χ1) is 3.42. The van der Waals surface area contributed by atoms with Crippen molar-refractivity contribution in [2.75, 3.05) is 19.6 Å². The van der Waals surface area contributed by atoms with Gasteiger partial charge < -0.3 is 4.57 Å². The standard InChI is InChI=1S/C3H10NO2PS/c1-7(2,5)4-8(3)6/h1-3H3,(H,4,5). The Balaban J connectivity index is 3.74. The molecule has 5 heteroatoms. The van der Waals surface area contributed by atoms with Crippen LogP contribution in [0.3, 0.4) is 0 Å². The molecule has 0 rings (SSSR count). The monoisotopic (exact) mass is 155 g/mol. The molecule has 0 saturated heterocycles. The fourth-order valence-corrected chi connectivity index (χ4v) is 2.79. The highest BCUT2D eigenvalue weighted by molar-refractivity contribution is 7.90. The number of nitrogens with one attached hydrogen (secondary N) is 1. The lowest BCUT2D eigenvalue weighted by Crippen LogP contribution is -2.09. The van der Waals surface area contributed by atoms with Crippen LogP contribution in [0.2, 0.25) is 0 Å². The molecular formula is C3H10NO2PS. The van der Waals surface area contributed by atoms with Crippen molar-refractivity contribution >= 4 is 18.3 Å². The second-order valence-electron chi connectivity index (χ2n) is 1.90. The lowest BCUT2D eigenvalue weighted by molar-refractivity contribution is 0.580. The van der Waals surface area contributed by atoms with Gasteiger partial charge in [0.2, 0.25) is 0 Å². The zero-order chi connectivity index (χ0) is 6.78. The Labute approximate surface area is 51.9 Å². The topological polar surface area (TPSA) is 46.2 Å². The average Bonchev–Trinajstić information content (AvgIpc) is 1.21. The molecule has 1 N–H and O–H groups in total. The van der Waals surface area contributed by atoms with E-state index in [4.69, 9.17) is 0 Å². The molecule has 0 spiro atoms. The van der Waals surface area contributed by atoms with E-state index >= 15 is 0 Å². The average molecular weight is 155 g/mol. The lowest BCUT2D eigenvalue weighted by atomic mass is 11.9. The smallest absolute Gasteiger partial charge is 0.153 e. The van der Waals surface area contributed by atoms with Gasteiger partial charge in [-0.2, -0.15) is 4.49 Å². The van der Waals surface area contributed by atoms with Crippen molar-refractivity contribution in [2.45, 2.75) is 0 Å². The van der Waals surface area contributed by atoms with Gasteiger partial charge in [0.15, 0.2) is 7.29 Å². The van der Waals surface area contributed by atoms with Crippen molar-refractivity contribution in [1.29, 1.82) is 0 Å². The van der Waals surface area contributed by atoms with E-state index in [1.165, 1.54) is 19.6 Å². The van der Waals surface area contributed by atoms with E-state index in [0.717, 1.165) is 0 Å². The SMILES string of the molecule is CS(=O)NP(C)(C)=O. The summed E-state index contributed by atoms with van der Waals surface area (Å²) in [5.74, 6) is 0. The molecule has 0 aliphatic carbocycles. The first kappa shape index (κ1) is 8.34. The van der Waals surface area contributed by atoms with Crippen LogP contribution < -0.4 is 4.49 Å². The molecule has 0 aliphatic heterocycles. The van der Waals surface area contributed by atoms with Gasteiger partial charge in [0, 0.05) is 19.6 Å². The molecule has 1 atom stereocenters. The van der Waals surface area contributed by atoms with Crippen molar-refractivity contribution < 1.29 is 8.77 Å². The third-order valence-corrected chi connectivity index (χ3v) is 3.14. The number of hydrogen-bond donors (Lipinski definition) is 1. The van der Waals surface area contributed by atoms with E-state index in [1.54, 1.807) is 0 Å². The maximum atomic E-state index is 10.7. The maximum absolute atomic E-state index is 10.7. The van der Waals surface area contributed by atoms with Crippen LogP contribution in [0.25, 0.3) is 0 Å². The minimum Gasteiger partial charge on any atom is -0.306 e. The molecule has 0 heterocycles. The highest BCUT2D eigenvalue weighted by atomic mass is 32.2. The second kappa shape index (κ2) is 2.76. The third kappa shape index (κ3) is 6.34. The van der Waals surface area contributed by atoms with E-state index < -0.39 is 18.3 Å². The van der Waals surface area contributed by atoms with Crippen LogP contribution >= 0.6 is 7.29 Å². The van der Waals surface area contributed by atoms with Gasteiger partial charge in [-0.15, -0.1) is 0 Å². The van der Waals surface area contributed by atoms with Crippen LogP contribution in [0.15, 0.2) is 0 Å². The van der Waals surface area contributed by atoms with Gasteiger partial charge in [0.1, 0.15) is 0 Å². The Hall–Kier alpha value is 0.340. The van der Waals surface area contributed by atoms with Gasteiger partial charge >= 0.3 is 0 Å².